The highest BCUT2D eigenvalue weighted by Gasteiger charge is 2.33. The van der Waals surface area contributed by atoms with Crippen molar-refractivity contribution in [2.45, 2.75) is 25.9 Å². The number of carbonyl (C=O) groups is 2. The van der Waals surface area contributed by atoms with Crippen LogP contribution in [0.3, 0.4) is 0 Å². The highest BCUT2D eigenvalue weighted by Crippen LogP contribution is 2.34. The number of methoxy groups -OCH3 is 2. The second-order valence-corrected chi connectivity index (χ2v) is 11.0. The van der Waals surface area contributed by atoms with Crippen molar-refractivity contribution in [1.82, 2.24) is 10.2 Å². The predicted molar refractivity (Wildman–Crippen MR) is 151 cm³/mol. The molecule has 0 heterocycles. The maximum absolute atomic E-state index is 14.0. The molecule has 10 heteroatoms. The smallest absolute Gasteiger partial charge is 0.244 e. The van der Waals surface area contributed by atoms with Crippen molar-refractivity contribution in [3.63, 3.8) is 0 Å². The lowest BCUT2D eigenvalue weighted by molar-refractivity contribution is -0.139. The highest BCUT2D eigenvalue weighted by molar-refractivity contribution is 7.92. The SMILES string of the molecule is CNC(=O)[C@@H](Cc1ccccc1)N(Cc1ccc(C)cc1)C(=O)CN(c1cc(OC)ccc1OC)S(C)(=O)=O. The Morgan fingerprint density at radius 1 is 0.923 bits per heavy atom. The molecule has 0 saturated carbocycles. The summed E-state index contributed by atoms with van der Waals surface area (Å²) in [6, 6.07) is 20.8. The number of amides is 2. The number of nitrogens with zero attached hydrogens (tertiary/aromatic N) is 2. The number of benzene rings is 3. The van der Waals surface area contributed by atoms with Gasteiger partial charge in [0.2, 0.25) is 21.8 Å². The maximum Gasteiger partial charge on any atom is 0.244 e. The molecule has 3 aromatic rings. The van der Waals surface area contributed by atoms with Gasteiger partial charge in [-0.25, -0.2) is 8.42 Å². The number of anilines is 1. The third kappa shape index (κ3) is 7.73. The number of ether oxygens (including phenoxy) is 2. The Morgan fingerprint density at radius 2 is 1.59 bits per heavy atom. The van der Waals surface area contributed by atoms with Crippen molar-refractivity contribution < 1.29 is 27.5 Å². The van der Waals surface area contributed by atoms with Crippen LogP contribution in [0, 0.1) is 6.92 Å². The molecule has 0 bridgehead atoms. The second kappa shape index (κ2) is 13.1. The molecule has 0 saturated heterocycles. The predicted octanol–water partition coefficient (Wildman–Crippen LogP) is 3.16. The first-order valence-electron chi connectivity index (χ1n) is 12.4. The number of rotatable bonds is 12. The molecule has 0 aliphatic heterocycles. The molecule has 0 aliphatic rings. The molecule has 0 radical (unpaired) electrons. The van der Waals surface area contributed by atoms with E-state index in [0.717, 1.165) is 27.3 Å². The monoisotopic (exact) mass is 553 g/mol. The van der Waals surface area contributed by atoms with E-state index in [-0.39, 0.29) is 30.3 Å². The first kappa shape index (κ1) is 29.5. The van der Waals surface area contributed by atoms with E-state index in [1.54, 1.807) is 12.1 Å². The third-order valence-corrected chi connectivity index (χ3v) is 7.45. The van der Waals surface area contributed by atoms with Gasteiger partial charge in [0.05, 0.1) is 26.2 Å². The summed E-state index contributed by atoms with van der Waals surface area (Å²) in [5, 5.41) is 2.66. The van der Waals surface area contributed by atoms with Crippen LogP contribution in [0.4, 0.5) is 5.69 Å². The molecule has 3 rings (SSSR count). The van der Waals surface area contributed by atoms with E-state index in [1.165, 1.54) is 32.2 Å². The van der Waals surface area contributed by atoms with Gasteiger partial charge in [0.15, 0.2) is 0 Å². The zero-order chi connectivity index (χ0) is 28.6. The third-order valence-electron chi connectivity index (χ3n) is 6.32. The van der Waals surface area contributed by atoms with E-state index >= 15 is 0 Å². The first-order valence-corrected chi connectivity index (χ1v) is 14.2. The fourth-order valence-corrected chi connectivity index (χ4v) is 5.04. The Hall–Kier alpha value is -4.05. The standard InChI is InChI=1S/C29H35N3O6S/c1-21-11-13-23(14-12-21)19-31(26(29(34)30-2)17-22-9-7-6-8-10-22)28(33)20-32(39(5,35)36)25-18-24(37-3)15-16-27(25)38-4/h6-16,18,26H,17,19-20H2,1-5H3,(H,30,34)/t26-/m1/s1. The zero-order valence-electron chi connectivity index (χ0n) is 22.9. The molecule has 1 N–H and O–H groups in total. The number of sulfonamides is 1. The summed E-state index contributed by atoms with van der Waals surface area (Å²) < 4.78 is 37.6. The summed E-state index contributed by atoms with van der Waals surface area (Å²) in [5.74, 6) is -0.249. The summed E-state index contributed by atoms with van der Waals surface area (Å²) >= 11 is 0. The Morgan fingerprint density at radius 3 is 2.15 bits per heavy atom. The van der Waals surface area contributed by atoms with Crippen LogP contribution in [0.25, 0.3) is 0 Å². The number of aryl methyl sites for hydroxylation is 1. The van der Waals surface area contributed by atoms with Crippen LogP contribution < -0.4 is 19.1 Å². The van der Waals surface area contributed by atoms with Crippen molar-refractivity contribution in [1.29, 1.82) is 0 Å². The minimum atomic E-state index is -3.94. The summed E-state index contributed by atoms with van der Waals surface area (Å²) in [4.78, 5) is 28.6. The van der Waals surface area contributed by atoms with Crippen LogP contribution in [0.5, 0.6) is 11.5 Å². The van der Waals surface area contributed by atoms with Gasteiger partial charge in [-0.1, -0.05) is 60.2 Å². The van der Waals surface area contributed by atoms with Crippen molar-refractivity contribution in [3.05, 3.63) is 89.5 Å². The van der Waals surface area contributed by atoms with Gasteiger partial charge in [0.1, 0.15) is 24.1 Å². The molecular weight excluding hydrogens is 518 g/mol. The Labute approximate surface area is 230 Å². The highest BCUT2D eigenvalue weighted by atomic mass is 32.2. The molecule has 1 atom stereocenters. The van der Waals surface area contributed by atoms with Gasteiger partial charge in [-0.2, -0.15) is 0 Å². The Bertz CT molecular complexity index is 1380. The molecule has 0 aromatic heterocycles. The molecule has 9 nitrogen and oxygen atoms in total. The van der Waals surface area contributed by atoms with Gasteiger partial charge in [-0.3, -0.25) is 13.9 Å². The van der Waals surface area contributed by atoms with E-state index in [2.05, 4.69) is 5.32 Å². The first-order chi connectivity index (χ1) is 18.6. The number of carbonyl (C=O) groups excluding carboxylic acids is 2. The molecule has 0 spiro atoms. The van der Waals surface area contributed by atoms with Crippen molar-refractivity contribution in [2.24, 2.45) is 0 Å². The fourth-order valence-electron chi connectivity index (χ4n) is 4.20. The Balaban J connectivity index is 2.07. The van der Waals surface area contributed by atoms with Gasteiger partial charge in [-0.05, 0) is 30.2 Å². The summed E-state index contributed by atoms with van der Waals surface area (Å²) in [6.07, 6.45) is 1.27. The zero-order valence-corrected chi connectivity index (χ0v) is 23.7. The van der Waals surface area contributed by atoms with E-state index in [9.17, 15) is 18.0 Å². The van der Waals surface area contributed by atoms with Crippen molar-refractivity contribution in [3.8, 4) is 11.5 Å². The van der Waals surface area contributed by atoms with Crippen LogP contribution in [-0.4, -0.2) is 65.2 Å². The molecule has 208 valence electrons. The lowest BCUT2D eigenvalue weighted by Crippen LogP contribution is -2.52. The van der Waals surface area contributed by atoms with Crippen LogP contribution >= 0.6 is 0 Å². The van der Waals surface area contributed by atoms with Gasteiger partial charge in [0, 0.05) is 26.1 Å². The maximum atomic E-state index is 14.0. The number of nitrogens with one attached hydrogen (secondary N) is 1. The fraction of sp³-hybridized carbons (Fsp3) is 0.310. The van der Waals surface area contributed by atoms with E-state index in [0.29, 0.717) is 5.75 Å². The van der Waals surface area contributed by atoms with Gasteiger partial charge in [0.25, 0.3) is 0 Å². The number of hydrogen-bond donors (Lipinski definition) is 1. The number of likely N-dealkylation sites (N-methyl/N-ethyl adjacent to an activating group) is 1. The average molecular weight is 554 g/mol. The quantitative estimate of drug-likeness (QED) is 0.370. The lowest BCUT2D eigenvalue weighted by atomic mass is 10.0. The minimum Gasteiger partial charge on any atom is -0.497 e. The van der Waals surface area contributed by atoms with Crippen molar-refractivity contribution >= 4 is 27.5 Å². The van der Waals surface area contributed by atoms with E-state index in [4.69, 9.17) is 9.47 Å². The molecular formula is C29H35N3O6S. The Kier molecular flexibility index (Phi) is 9.95. The van der Waals surface area contributed by atoms with Crippen LogP contribution in [0.2, 0.25) is 0 Å². The average Bonchev–Trinajstić information content (AvgIpc) is 2.93. The second-order valence-electron chi connectivity index (χ2n) is 9.13. The molecule has 0 unspecified atom stereocenters. The van der Waals surface area contributed by atoms with E-state index in [1.807, 2.05) is 61.5 Å². The molecule has 3 aromatic carbocycles. The molecule has 0 aliphatic carbocycles. The molecule has 2 amide bonds. The van der Waals surface area contributed by atoms with E-state index < -0.39 is 28.5 Å². The normalized spacial score (nSPS) is 11.8. The van der Waals surface area contributed by atoms with Crippen LogP contribution in [0.1, 0.15) is 16.7 Å². The van der Waals surface area contributed by atoms with Gasteiger partial charge < -0.3 is 19.7 Å². The summed E-state index contributed by atoms with van der Waals surface area (Å²) in [5.41, 5.74) is 2.88. The van der Waals surface area contributed by atoms with Crippen molar-refractivity contribution in [2.75, 3.05) is 38.4 Å². The van der Waals surface area contributed by atoms with Crippen LogP contribution in [0.15, 0.2) is 72.8 Å². The molecule has 0 fully saturated rings. The van der Waals surface area contributed by atoms with Gasteiger partial charge >= 0.3 is 0 Å². The summed E-state index contributed by atoms with van der Waals surface area (Å²) in [6.45, 7) is 1.52. The van der Waals surface area contributed by atoms with Crippen LogP contribution in [-0.2, 0) is 32.6 Å². The minimum absolute atomic E-state index is 0.108. The number of hydrogen-bond acceptors (Lipinski definition) is 6. The van der Waals surface area contributed by atoms with Gasteiger partial charge in [-0.15, -0.1) is 0 Å². The molecule has 39 heavy (non-hydrogen) atoms. The largest absolute Gasteiger partial charge is 0.497 e. The topological polar surface area (TPSA) is 105 Å². The lowest BCUT2D eigenvalue weighted by Gasteiger charge is -2.33. The summed E-state index contributed by atoms with van der Waals surface area (Å²) in [7, 11) is 0.446.